The molecule has 2 aromatic carbocycles. The number of hydrogen-bond donors (Lipinski definition) is 0. The Morgan fingerprint density at radius 2 is 2.12 bits per heavy atom. The van der Waals surface area contributed by atoms with E-state index in [2.05, 4.69) is 15.3 Å². The molecule has 12 heteroatoms. The number of nitro groups is 1. The molecule has 0 aliphatic carbocycles. The first-order valence-electron chi connectivity index (χ1n) is 10.3. The van der Waals surface area contributed by atoms with Crippen LogP contribution in [-0.4, -0.2) is 39.2 Å². The predicted octanol–water partition coefficient (Wildman–Crippen LogP) is 5.51. The zero-order chi connectivity index (χ0) is 24.8. The Kier molecular flexibility index (Phi) is 8.46. The molecule has 3 aromatic rings. The highest BCUT2D eigenvalue weighted by molar-refractivity contribution is 7.98. The van der Waals surface area contributed by atoms with Gasteiger partial charge in [-0.15, -0.1) is 10.2 Å². The van der Waals surface area contributed by atoms with Crippen LogP contribution < -0.4 is 9.47 Å². The molecule has 1 aromatic heterocycles. The van der Waals surface area contributed by atoms with Crippen LogP contribution in [0.2, 0.25) is 5.02 Å². The Labute approximate surface area is 205 Å². The number of aryl methyl sites for hydroxylation is 1. The van der Waals surface area contributed by atoms with E-state index in [1.165, 1.54) is 41.9 Å². The molecule has 0 aliphatic heterocycles. The minimum Gasteiger partial charge on any atom is -0.493 e. The average molecular weight is 508 g/mol. The molecule has 0 saturated heterocycles. The Balaban J connectivity index is 1.94. The fourth-order valence-corrected chi connectivity index (χ4v) is 4.23. The molecule has 0 atom stereocenters. The van der Waals surface area contributed by atoms with Crippen molar-refractivity contribution in [3.63, 3.8) is 0 Å². The van der Waals surface area contributed by atoms with Crippen molar-refractivity contribution in [1.82, 2.24) is 14.9 Å². The second kappa shape index (κ2) is 11.3. The van der Waals surface area contributed by atoms with E-state index >= 15 is 0 Å². The lowest BCUT2D eigenvalue weighted by Gasteiger charge is -2.14. The average Bonchev–Trinajstić information content (AvgIpc) is 3.19. The standard InChI is InChI=1S/C22H23ClFN5O4S/c1-5-20-26-27-22(34-12-15-16(23)7-6-8-17(15)24)28(20)25-11-14-9-18(29(30)31)21(33-13(2)3)19(10-14)32-4/h6-11,13H,5,12H2,1-4H3/b25-11-. The van der Waals surface area contributed by atoms with E-state index < -0.39 is 10.7 Å². The SMILES string of the molecule is CCc1nnc(SCc2c(F)cccc2Cl)n1/N=C\c1cc(OC)c(OC(C)C)c([N+](=O)[O-])c1. The van der Waals surface area contributed by atoms with Crippen molar-refractivity contribution in [2.45, 2.75) is 44.2 Å². The largest absolute Gasteiger partial charge is 0.493 e. The number of thioether (sulfide) groups is 1. The molecule has 0 radical (unpaired) electrons. The lowest BCUT2D eigenvalue weighted by molar-refractivity contribution is -0.386. The first-order chi connectivity index (χ1) is 16.2. The van der Waals surface area contributed by atoms with Crippen LogP contribution in [0.5, 0.6) is 11.5 Å². The van der Waals surface area contributed by atoms with E-state index in [1.54, 1.807) is 32.0 Å². The van der Waals surface area contributed by atoms with Gasteiger partial charge in [0.15, 0.2) is 11.6 Å². The summed E-state index contributed by atoms with van der Waals surface area (Å²) in [6, 6.07) is 7.45. The summed E-state index contributed by atoms with van der Waals surface area (Å²) in [5.41, 5.74) is 0.535. The maximum absolute atomic E-state index is 14.1. The van der Waals surface area contributed by atoms with E-state index in [4.69, 9.17) is 21.1 Å². The molecular weight excluding hydrogens is 485 g/mol. The quantitative estimate of drug-likeness (QED) is 0.154. The summed E-state index contributed by atoms with van der Waals surface area (Å²) in [4.78, 5) is 11.1. The molecule has 3 rings (SSSR count). The maximum Gasteiger partial charge on any atom is 0.315 e. The number of halogens is 2. The van der Waals surface area contributed by atoms with E-state index in [0.29, 0.717) is 33.6 Å². The van der Waals surface area contributed by atoms with Gasteiger partial charge in [-0.1, -0.05) is 36.4 Å². The third kappa shape index (κ3) is 5.84. The van der Waals surface area contributed by atoms with Crippen molar-refractivity contribution >= 4 is 35.3 Å². The van der Waals surface area contributed by atoms with Crippen LogP contribution >= 0.6 is 23.4 Å². The molecule has 0 fully saturated rings. The van der Waals surface area contributed by atoms with Crippen molar-refractivity contribution < 1.29 is 18.8 Å². The third-order valence-corrected chi connectivity index (χ3v) is 5.85. The van der Waals surface area contributed by atoms with Gasteiger partial charge in [0.05, 0.1) is 24.4 Å². The predicted molar refractivity (Wildman–Crippen MR) is 129 cm³/mol. The summed E-state index contributed by atoms with van der Waals surface area (Å²) in [7, 11) is 1.41. The first kappa shape index (κ1) is 25.4. The number of aromatic nitrogens is 3. The van der Waals surface area contributed by atoms with Gasteiger partial charge >= 0.3 is 5.69 Å². The van der Waals surface area contributed by atoms with Gasteiger partial charge in [0.25, 0.3) is 0 Å². The van der Waals surface area contributed by atoms with Gasteiger partial charge in [0.1, 0.15) is 5.82 Å². The Bertz CT molecular complexity index is 1200. The molecule has 1 heterocycles. The minimum absolute atomic E-state index is 0.0520. The normalized spacial score (nSPS) is 11.4. The highest BCUT2D eigenvalue weighted by Gasteiger charge is 2.23. The number of rotatable bonds is 10. The Morgan fingerprint density at radius 3 is 2.74 bits per heavy atom. The summed E-state index contributed by atoms with van der Waals surface area (Å²) in [6.45, 7) is 5.43. The monoisotopic (exact) mass is 507 g/mol. The molecule has 0 aliphatic rings. The zero-order valence-corrected chi connectivity index (χ0v) is 20.6. The highest BCUT2D eigenvalue weighted by atomic mass is 35.5. The van der Waals surface area contributed by atoms with Crippen molar-refractivity contribution in [2.75, 3.05) is 7.11 Å². The summed E-state index contributed by atoms with van der Waals surface area (Å²) >= 11 is 7.34. The van der Waals surface area contributed by atoms with Gasteiger partial charge in [0, 0.05) is 34.4 Å². The zero-order valence-electron chi connectivity index (χ0n) is 19.0. The van der Waals surface area contributed by atoms with Crippen LogP contribution in [0.4, 0.5) is 10.1 Å². The second-order valence-corrected chi connectivity index (χ2v) is 8.64. The second-order valence-electron chi connectivity index (χ2n) is 7.29. The molecule has 34 heavy (non-hydrogen) atoms. The van der Waals surface area contributed by atoms with Crippen LogP contribution in [0.15, 0.2) is 40.6 Å². The highest BCUT2D eigenvalue weighted by Crippen LogP contribution is 2.38. The van der Waals surface area contributed by atoms with Crippen LogP contribution in [0, 0.1) is 15.9 Å². The van der Waals surface area contributed by atoms with Gasteiger partial charge in [-0.2, -0.15) is 9.78 Å². The number of ether oxygens (including phenoxy) is 2. The topological polar surface area (TPSA) is 105 Å². The molecule has 9 nitrogen and oxygen atoms in total. The van der Waals surface area contributed by atoms with Crippen molar-refractivity contribution in [3.8, 4) is 11.5 Å². The molecule has 180 valence electrons. The third-order valence-electron chi connectivity index (χ3n) is 4.55. The number of methoxy groups -OCH3 is 1. The molecular formula is C22H23ClFN5O4S. The van der Waals surface area contributed by atoms with E-state index in [-0.39, 0.29) is 29.0 Å². The van der Waals surface area contributed by atoms with Crippen LogP contribution in [0.25, 0.3) is 0 Å². The van der Waals surface area contributed by atoms with Gasteiger partial charge in [0.2, 0.25) is 10.9 Å². The summed E-state index contributed by atoms with van der Waals surface area (Å²) in [5.74, 6) is 0.653. The van der Waals surface area contributed by atoms with Crippen molar-refractivity contribution in [3.05, 3.63) is 68.2 Å². The van der Waals surface area contributed by atoms with Crippen LogP contribution in [0.1, 0.15) is 37.7 Å². The first-order valence-corrected chi connectivity index (χ1v) is 11.7. The summed E-state index contributed by atoms with van der Waals surface area (Å²) in [5, 5.41) is 25.1. The number of nitro benzene ring substituents is 1. The molecule has 0 spiro atoms. The lowest BCUT2D eigenvalue weighted by Crippen LogP contribution is -2.09. The number of hydrogen-bond acceptors (Lipinski definition) is 8. The van der Waals surface area contributed by atoms with Crippen LogP contribution in [0.3, 0.4) is 0 Å². The summed E-state index contributed by atoms with van der Waals surface area (Å²) < 4.78 is 26.6. The number of benzene rings is 2. The van der Waals surface area contributed by atoms with Gasteiger partial charge in [-0.3, -0.25) is 10.1 Å². The van der Waals surface area contributed by atoms with Gasteiger partial charge < -0.3 is 9.47 Å². The van der Waals surface area contributed by atoms with Gasteiger partial charge in [-0.25, -0.2) is 4.39 Å². The summed E-state index contributed by atoms with van der Waals surface area (Å²) in [6.07, 6.45) is 1.70. The van der Waals surface area contributed by atoms with Crippen LogP contribution in [-0.2, 0) is 12.2 Å². The maximum atomic E-state index is 14.1. The molecule has 0 amide bonds. The Morgan fingerprint density at radius 1 is 1.35 bits per heavy atom. The molecule has 0 N–H and O–H groups in total. The molecule has 0 saturated carbocycles. The molecule has 0 unspecified atom stereocenters. The van der Waals surface area contributed by atoms with Crippen molar-refractivity contribution in [1.29, 1.82) is 0 Å². The lowest BCUT2D eigenvalue weighted by atomic mass is 10.2. The fraction of sp³-hybridized carbons (Fsp3) is 0.318. The fourth-order valence-electron chi connectivity index (χ4n) is 2.98. The van der Waals surface area contributed by atoms with Crippen molar-refractivity contribution in [2.24, 2.45) is 5.10 Å². The van der Waals surface area contributed by atoms with E-state index in [1.807, 2.05) is 6.92 Å². The minimum atomic E-state index is -0.534. The van der Waals surface area contributed by atoms with E-state index in [0.717, 1.165) is 0 Å². The van der Waals surface area contributed by atoms with Gasteiger partial charge in [-0.05, 0) is 32.0 Å². The van der Waals surface area contributed by atoms with E-state index in [9.17, 15) is 14.5 Å². The Hall–Kier alpha value is -3.18. The molecule has 0 bridgehead atoms. The number of nitrogens with zero attached hydrogens (tertiary/aromatic N) is 5. The smallest absolute Gasteiger partial charge is 0.315 e.